The van der Waals surface area contributed by atoms with Crippen LogP contribution in [0.5, 0.6) is 0 Å². The molecular formula is C12H20O6S. The van der Waals surface area contributed by atoms with E-state index in [1.165, 1.54) is 0 Å². The third-order valence-corrected chi connectivity index (χ3v) is 5.43. The predicted octanol–water partition coefficient (Wildman–Crippen LogP) is 1.36. The first kappa shape index (κ1) is 16.1. The molecule has 110 valence electrons. The van der Waals surface area contributed by atoms with Gasteiger partial charge in [-0.05, 0) is 24.2 Å². The minimum absolute atomic E-state index is 0.0152. The normalized spacial score (nSPS) is 31.8. The Bertz CT molecular complexity index is 488. The summed E-state index contributed by atoms with van der Waals surface area (Å²) >= 11 is 0. The van der Waals surface area contributed by atoms with Crippen LogP contribution in [-0.2, 0) is 19.7 Å². The highest BCUT2D eigenvalue weighted by Gasteiger charge is 2.65. The van der Waals surface area contributed by atoms with Crippen molar-refractivity contribution in [2.45, 2.75) is 40.0 Å². The van der Waals surface area contributed by atoms with Crippen molar-refractivity contribution in [1.82, 2.24) is 0 Å². The van der Waals surface area contributed by atoms with E-state index >= 15 is 0 Å². The fourth-order valence-electron chi connectivity index (χ4n) is 3.42. The number of carboxylic acids is 1. The zero-order chi connectivity index (χ0) is 15.1. The largest absolute Gasteiger partial charge is 0.481 e. The van der Waals surface area contributed by atoms with Crippen molar-refractivity contribution in [3.8, 4) is 0 Å². The van der Waals surface area contributed by atoms with E-state index in [1.807, 2.05) is 13.8 Å². The van der Waals surface area contributed by atoms with Gasteiger partial charge < -0.3 is 5.11 Å². The van der Waals surface area contributed by atoms with Gasteiger partial charge in [-0.3, -0.25) is 14.1 Å². The molecule has 2 bridgehead atoms. The third-order valence-electron chi connectivity index (χ3n) is 4.57. The average Bonchev–Trinajstić information content (AvgIpc) is 2.47. The molecule has 19 heavy (non-hydrogen) atoms. The molecule has 7 heteroatoms. The first-order chi connectivity index (χ1) is 8.42. The van der Waals surface area contributed by atoms with E-state index in [4.69, 9.17) is 14.5 Å². The van der Waals surface area contributed by atoms with Crippen molar-refractivity contribution in [2.75, 3.05) is 5.75 Å². The lowest BCUT2D eigenvalue weighted by Gasteiger charge is -2.35. The zero-order valence-corrected chi connectivity index (χ0v) is 12.2. The quantitative estimate of drug-likeness (QED) is 0.744. The number of carbonyl (C=O) groups is 2. The molecule has 0 heterocycles. The Balaban J connectivity index is 0.000000399. The van der Waals surface area contributed by atoms with E-state index in [2.05, 4.69) is 0 Å². The van der Waals surface area contributed by atoms with Gasteiger partial charge in [0.25, 0.3) is 16.1 Å². The lowest BCUT2D eigenvalue weighted by molar-refractivity contribution is -0.134. The Hall–Kier alpha value is -0.950. The summed E-state index contributed by atoms with van der Waals surface area (Å²) in [7, 11) is -4.08. The van der Waals surface area contributed by atoms with Crippen LogP contribution in [0.2, 0.25) is 0 Å². The minimum Gasteiger partial charge on any atom is -0.481 e. The number of fused-ring (bicyclic) bond motifs is 2. The average molecular weight is 292 g/mol. The van der Waals surface area contributed by atoms with Crippen LogP contribution in [-0.4, -0.2) is 35.6 Å². The molecule has 6 nitrogen and oxygen atoms in total. The van der Waals surface area contributed by atoms with E-state index in [-0.39, 0.29) is 17.1 Å². The number of carbonyl (C=O) groups excluding carboxylic acids is 1. The van der Waals surface area contributed by atoms with Crippen LogP contribution in [0.1, 0.15) is 40.0 Å². The van der Waals surface area contributed by atoms with Crippen molar-refractivity contribution in [3.63, 3.8) is 0 Å². The Morgan fingerprint density at radius 2 is 1.89 bits per heavy atom. The molecule has 0 amide bonds. The second kappa shape index (κ2) is 4.86. The van der Waals surface area contributed by atoms with Gasteiger partial charge in [0.2, 0.25) is 0 Å². The molecule has 2 atom stereocenters. The molecule has 2 fully saturated rings. The second-order valence-electron chi connectivity index (χ2n) is 5.91. The molecule has 0 aromatic rings. The molecule has 2 rings (SSSR count). The maximum absolute atomic E-state index is 11.9. The maximum atomic E-state index is 11.9. The first-order valence-electron chi connectivity index (χ1n) is 6.10. The van der Waals surface area contributed by atoms with E-state index in [0.29, 0.717) is 12.8 Å². The molecule has 2 N–H and O–H groups in total. The van der Waals surface area contributed by atoms with Gasteiger partial charge in [-0.2, -0.15) is 8.42 Å². The Kier molecular flexibility index (Phi) is 4.12. The molecule has 0 aromatic carbocycles. The number of hydrogen-bond acceptors (Lipinski definition) is 4. The molecule has 2 saturated carbocycles. The van der Waals surface area contributed by atoms with Crippen LogP contribution in [0.4, 0.5) is 0 Å². The standard InChI is InChI=1S/C10H16O4S.C2H4O2/c1-9(2)7-3-4-10(9,8(11)5-7)6-15(12,13)14;1-2(3)4/h7H,3-6H2,1-2H3,(H,12,13,14);1H3,(H,3,4)/t7?,10-;/m0./s1. The summed E-state index contributed by atoms with van der Waals surface area (Å²) in [6, 6.07) is 0. The van der Waals surface area contributed by atoms with Gasteiger partial charge in [-0.1, -0.05) is 13.8 Å². The summed E-state index contributed by atoms with van der Waals surface area (Å²) in [4.78, 5) is 20.9. The fourth-order valence-corrected chi connectivity index (χ4v) is 4.72. The van der Waals surface area contributed by atoms with Crippen LogP contribution >= 0.6 is 0 Å². The van der Waals surface area contributed by atoms with Crippen molar-refractivity contribution >= 4 is 21.9 Å². The highest BCUT2D eigenvalue weighted by molar-refractivity contribution is 7.85. The number of Topliss-reactive ketones (excluding diaryl/α,β-unsaturated/α-hetero) is 1. The smallest absolute Gasteiger partial charge is 0.300 e. The van der Waals surface area contributed by atoms with Gasteiger partial charge in [-0.25, -0.2) is 0 Å². The van der Waals surface area contributed by atoms with Gasteiger partial charge in [0.05, 0.1) is 11.2 Å². The molecular weight excluding hydrogens is 272 g/mol. The van der Waals surface area contributed by atoms with Crippen LogP contribution in [0.25, 0.3) is 0 Å². The third kappa shape index (κ3) is 2.97. The number of carboxylic acid groups (broad SMARTS) is 1. The molecule has 0 radical (unpaired) electrons. The van der Waals surface area contributed by atoms with Crippen LogP contribution in [0.3, 0.4) is 0 Å². The summed E-state index contributed by atoms with van der Waals surface area (Å²) in [5.41, 5.74) is -1.12. The Labute approximate surface area is 112 Å². The first-order valence-corrected chi connectivity index (χ1v) is 7.71. The van der Waals surface area contributed by atoms with E-state index in [1.54, 1.807) is 0 Å². The molecule has 0 aliphatic heterocycles. The highest BCUT2D eigenvalue weighted by atomic mass is 32.2. The summed E-state index contributed by atoms with van der Waals surface area (Å²) in [5, 5.41) is 7.42. The SMILES string of the molecule is CC(=O)O.CC1(C)C2CC[C@]1(CS(=O)(=O)O)C(=O)C2. The monoisotopic (exact) mass is 292 g/mol. The Morgan fingerprint density at radius 1 is 1.42 bits per heavy atom. The van der Waals surface area contributed by atoms with Gasteiger partial charge in [0, 0.05) is 13.3 Å². The summed E-state index contributed by atoms with van der Waals surface area (Å²) in [6.07, 6.45) is 1.97. The van der Waals surface area contributed by atoms with Crippen molar-refractivity contribution in [3.05, 3.63) is 0 Å². The lowest BCUT2D eigenvalue weighted by atomic mass is 9.70. The zero-order valence-electron chi connectivity index (χ0n) is 11.3. The van der Waals surface area contributed by atoms with Gasteiger partial charge in [0.1, 0.15) is 5.78 Å². The summed E-state index contributed by atoms with van der Waals surface area (Å²) in [6.45, 7) is 4.97. The molecule has 0 aromatic heterocycles. The van der Waals surface area contributed by atoms with Crippen molar-refractivity contribution in [1.29, 1.82) is 0 Å². The van der Waals surface area contributed by atoms with Crippen LogP contribution < -0.4 is 0 Å². The molecule has 0 saturated heterocycles. The van der Waals surface area contributed by atoms with E-state index in [9.17, 15) is 13.2 Å². The fraction of sp³-hybridized carbons (Fsp3) is 0.833. The second-order valence-corrected chi connectivity index (χ2v) is 7.36. The molecule has 0 spiro atoms. The molecule has 2 aliphatic rings. The van der Waals surface area contributed by atoms with Gasteiger partial charge in [-0.15, -0.1) is 0 Å². The molecule has 2 aliphatic carbocycles. The number of aliphatic carboxylic acids is 1. The summed E-state index contributed by atoms with van der Waals surface area (Å²) < 4.78 is 31.0. The number of rotatable bonds is 2. The van der Waals surface area contributed by atoms with Crippen LogP contribution in [0, 0.1) is 16.7 Å². The minimum atomic E-state index is -4.08. The molecule has 1 unspecified atom stereocenters. The predicted molar refractivity (Wildman–Crippen MR) is 68.3 cm³/mol. The number of hydrogen-bond donors (Lipinski definition) is 2. The summed E-state index contributed by atoms with van der Waals surface area (Å²) in [5.74, 6) is -0.935. The van der Waals surface area contributed by atoms with Crippen LogP contribution in [0.15, 0.2) is 0 Å². The topological polar surface area (TPSA) is 109 Å². The van der Waals surface area contributed by atoms with Crippen molar-refractivity contribution in [2.24, 2.45) is 16.7 Å². The van der Waals surface area contributed by atoms with E-state index < -0.39 is 27.3 Å². The van der Waals surface area contributed by atoms with Gasteiger partial charge >= 0.3 is 0 Å². The van der Waals surface area contributed by atoms with Crippen molar-refractivity contribution < 1.29 is 27.7 Å². The highest BCUT2D eigenvalue weighted by Crippen LogP contribution is 2.64. The number of ketones is 1. The van der Waals surface area contributed by atoms with E-state index in [0.717, 1.165) is 13.3 Å². The Morgan fingerprint density at radius 3 is 2.16 bits per heavy atom. The van der Waals surface area contributed by atoms with Gasteiger partial charge in [0.15, 0.2) is 0 Å². The maximum Gasteiger partial charge on any atom is 0.300 e. The lowest BCUT2D eigenvalue weighted by Crippen LogP contribution is -2.42.